The molecule has 0 atom stereocenters. The number of aliphatic imine (C=N–C) groups is 1. The highest BCUT2D eigenvalue weighted by atomic mass is 16.5. The molecule has 0 heterocycles. The van der Waals surface area contributed by atoms with Crippen molar-refractivity contribution in [2.75, 3.05) is 32.2 Å². The lowest BCUT2D eigenvalue weighted by Gasteiger charge is -2.16. The summed E-state index contributed by atoms with van der Waals surface area (Å²) in [5, 5.41) is 9.56. The Bertz CT molecular complexity index is 866. The molecule has 0 aliphatic carbocycles. The Morgan fingerprint density at radius 3 is 2.44 bits per heavy atom. The Kier molecular flexibility index (Phi) is 11.1. The second-order valence-corrected chi connectivity index (χ2v) is 7.43. The van der Waals surface area contributed by atoms with E-state index in [1.54, 1.807) is 7.05 Å². The molecule has 32 heavy (non-hydrogen) atoms. The summed E-state index contributed by atoms with van der Waals surface area (Å²) in [5.41, 5.74) is 4.11. The van der Waals surface area contributed by atoms with Crippen LogP contribution in [0.2, 0.25) is 0 Å². The number of carbonyl (C=O) groups is 1. The molecule has 0 spiro atoms. The van der Waals surface area contributed by atoms with Gasteiger partial charge in [-0.2, -0.15) is 0 Å². The van der Waals surface area contributed by atoms with E-state index in [-0.39, 0.29) is 5.91 Å². The van der Waals surface area contributed by atoms with E-state index >= 15 is 0 Å². The van der Waals surface area contributed by atoms with E-state index in [2.05, 4.69) is 33.1 Å². The van der Waals surface area contributed by atoms with Crippen molar-refractivity contribution < 1.29 is 14.3 Å². The Morgan fingerprint density at radius 1 is 1.00 bits per heavy atom. The Hall–Kier alpha value is -3.06. The van der Waals surface area contributed by atoms with E-state index in [4.69, 9.17) is 9.47 Å². The van der Waals surface area contributed by atoms with Gasteiger partial charge in [0, 0.05) is 44.4 Å². The zero-order chi connectivity index (χ0) is 23.2. The van der Waals surface area contributed by atoms with Crippen LogP contribution in [0, 0.1) is 6.92 Å². The first-order valence-electron chi connectivity index (χ1n) is 11.2. The van der Waals surface area contributed by atoms with E-state index in [0.717, 1.165) is 34.5 Å². The molecule has 0 aromatic heterocycles. The fourth-order valence-corrected chi connectivity index (χ4v) is 3.04. The van der Waals surface area contributed by atoms with Crippen molar-refractivity contribution in [3.05, 3.63) is 59.2 Å². The van der Waals surface area contributed by atoms with Gasteiger partial charge in [0.15, 0.2) is 5.96 Å². The molecule has 3 N–H and O–H groups in total. The van der Waals surface area contributed by atoms with E-state index in [1.807, 2.05) is 51.1 Å². The minimum absolute atomic E-state index is 0.0420. The maximum Gasteiger partial charge on any atom is 0.224 e. The third-order valence-corrected chi connectivity index (χ3v) is 4.76. The SMILES string of the molecule is CCCC(=O)Nc1ccc(CNC(=NC)NCc2ccc(C)cc2OCCOCC)cc1. The normalized spacial score (nSPS) is 11.2. The minimum Gasteiger partial charge on any atom is -0.491 e. The Morgan fingerprint density at radius 2 is 1.75 bits per heavy atom. The highest BCUT2D eigenvalue weighted by molar-refractivity contribution is 5.90. The zero-order valence-corrected chi connectivity index (χ0v) is 19.7. The molecule has 0 saturated heterocycles. The standard InChI is InChI=1S/C25H36N4O3/c1-5-7-24(30)29-22-12-9-20(10-13-22)17-27-25(26-4)28-18-21-11-8-19(3)16-23(21)32-15-14-31-6-2/h8-13,16H,5-7,14-15,17-18H2,1-4H3,(H,29,30)(H2,26,27,28). The molecule has 0 fully saturated rings. The number of amides is 1. The predicted octanol–water partition coefficient (Wildman–Crippen LogP) is 4.01. The third kappa shape index (κ3) is 8.98. The van der Waals surface area contributed by atoms with Crippen LogP contribution in [0.5, 0.6) is 5.75 Å². The average Bonchev–Trinajstić information content (AvgIpc) is 2.79. The van der Waals surface area contributed by atoms with Gasteiger partial charge in [-0.3, -0.25) is 9.79 Å². The quantitative estimate of drug-likeness (QED) is 0.264. The molecule has 1 amide bonds. The van der Waals surface area contributed by atoms with E-state index in [9.17, 15) is 4.79 Å². The fraction of sp³-hybridized carbons (Fsp3) is 0.440. The first-order valence-corrected chi connectivity index (χ1v) is 11.2. The molecule has 2 aromatic carbocycles. The number of ether oxygens (including phenoxy) is 2. The lowest BCUT2D eigenvalue weighted by Crippen LogP contribution is -2.36. The largest absolute Gasteiger partial charge is 0.491 e. The van der Waals surface area contributed by atoms with E-state index in [0.29, 0.717) is 45.3 Å². The second kappa shape index (κ2) is 14.1. The monoisotopic (exact) mass is 440 g/mol. The van der Waals surface area contributed by atoms with E-state index < -0.39 is 0 Å². The zero-order valence-electron chi connectivity index (χ0n) is 19.7. The highest BCUT2D eigenvalue weighted by Crippen LogP contribution is 2.20. The number of nitrogens with zero attached hydrogens (tertiary/aromatic N) is 1. The number of hydrogen-bond donors (Lipinski definition) is 3. The molecule has 0 aliphatic heterocycles. The average molecular weight is 441 g/mol. The van der Waals surface area contributed by atoms with Gasteiger partial charge in [-0.1, -0.05) is 31.2 Å². The Labute approximate surface area is 191 Å². The van der Waals surface area contributed by atoms with Crippen LogP contribution >= 0.6 is 0 Å². The number of hydrogen-bond acceptors (Lipinski definition) is 4. The van der Waals surface area contributed by atoms with Crippen LogP contribution in [-0.2, 0) is 22.6 Å². The summed E-state index contributed by atoms with van der Waals surface area (Å²) in [4.78, 5) is 16.0. The third-order valence-electron chi connectivity index (χ3n) is 4.76. The van der Waals surface area contributed by atoms with Gasteiger partial charge in [-0.15, -0.1) is 0 Å². The van der Waals surface area contributed by atoms with Crippen molar-refractivity contribution in [2.45, 2.75) is 46.7 Å². The molecule has 0 aliphatic rings. The van der Waals surface area contributed by atoms with Crippen LogP contribution in [0.25, 0.3) is 0 Å². The van der Waals surface area contributed by atoms with Crippen molar-refractivity contribution in [3.63, 3.8) is 0 Å². The number of anilines is 1. The van der Waals surface area contributed by atoms with Crippen molar-refractivity contribution in [2.24, 2.45) is 4.99 Å². The molecule has 0 unspecified atom stereocenters. The van der Waals surface area contributed by atoms with Crippen LogP contribution in [-0.4, -0.2) is 38.7 Å². The number of aryl methyl sites for hydroxylation is 1. The van der Waals surface area contributed by atoms with E-state index in [1.165, 1.54) is 0 Å². The lowest BCUT2D eigenvalue weighted by atomic mass is 10.1. The number of nitrogens with one attached hydrogen (secondary N) is 3. The van der Waals surface area contributed by atoms with Crippen molar-refractivity contribution in [1.29, 1.82) is 0 Å². The van der Waals surface area contributed by atoms with Gasteiger partial charge in [-0.25, -0.2) is 0 Å². The molecule has 0 bridgehead atoms. The summed E-state index contributed by atoms with van der Waals surface area (Å²) >= 11 is 0. The maximum atomic E-state index is 11.7. The molecule has 7 heteroatoms. The summed E-state index contributed by atoms with van der Waals surface area (Å²) in [7, 11) is 1.75. The number of rotatable bonds is 12. The number of benzene rings is 2. The number of guanidine groups is 1. The van der Waals surface area contributed by atoms with Crippen molar-refractivity contribution in [3.8, 4) is 5.75 Å². The topological polar surface area (TPSA) is 84.0 Å². The van der Waals surface area contributed by atoms with Gasteiger partial charge < -0.3 is 25.4 Å². The highest BCUT2D eigenvalue weighted by Gasteiger charge is 2.07. The van der Waals surface area contributed by atoms with Crippen LogP contribution in [0.15, 0.2) is 47.5 Å². The first-order chi connectivity index (χ1) is 15.5. The summed E-state index contributed by atoms with van der Waals surface area (Å²) in [6.07, 6.45) is 1.37. The van der Waals surface area contributed by atoms with Crippen LogP contribution in [0.1, 0.15) is 43.4 Å². The van der Waals surface area contributed by atoms with Gasteiger partial charge in [0.1, 0.15) is 12.4 Å². The van der Waals surface area contributed by atoms with Gasteiger partial charge in [-0.05, 0) is 49.6 Å². The summed E-state index contributed by atoms with van der Waals surface area (Å²) in [6.45, 7) is 9.00. The Balaban J connectivity index is 1.86. The molecule has 0 saturated carbocycles. The molecule has 174 valence electrons. The van der Waals surface area contributed by atoms with Gasteiger partial charge in [0.05, 0.1) is 6.61 Å². The minimum atomic E-state index is 0.0420. The first kappa shape index (κ1) is 25.2. The molecule has 7 nitrogen and oxygen atoms in total. The summed E-state index contributed by atoms with van der Waals surface area (Å²) < 4.78 is 11.3. The lowest BCUT2D eigenvalue weighted by molar-refractivity contribution is -0.116. The van der Waals surface area contributed by atoms with Crippen LogP contribution < -0.4 is 20.7 Å². The molecular formula is C25H36N4O3. The fourth-order valence-electron chi connectivity index (χ4n) is 3.04. The summed E-state index contributed by atoms with van der Waals surface area (Å²) in [5.74, 6) is 1.60. The van der Waals surface area contributed by atoms with Crippen molar-refractivity contribution in [1.82, 2.24) is 10.6 Å². The predicted molar refractivity (Wildman–Crippen MR) is 130 cm³/mol. The molecule has 2 rings (SSSR count). The summed E-state index contributed by atoms with van der Waals surface area (Å²) in [6, 6.07) is 14.0. The maximum absolute atomic E-state index is 11.7. The molecule has 0 radical (unpaired) electrons. The van der Waals surface area contributed by atoms with Crippen molar-refractivity contribution >= 4 is 17.6 Å². The van der Waals surface area contributed by atoms with Gasteiger partial charge in [0.25, 0.3) is 0 Å². The van der Waals surface area contributed by atoms with Crippen LogP contribution in [0.3, 0.4) is 0 Å². The van der Waals surface area contributed by atoms with Crippen LogP contribution in [0.4, 0.5) is 5.69 Å². The second-order valence-electron chi connectivity index (χ2n) is 7.43. The smallest absolute Gasteiger partial charge is 0.224 e. The van der Waals surface area contributed by atoms with Gasteiger partial charge in [0.2, 0.25) is 5.91 Å². The number of carbonyl (C=O) groups excluding carboxylic acids is 1. The molecule has 2 aromatic rings. The van der Waals surface area contributed by atoms with Gasteiger partial charge >= 0.3 is 0 Å². The molecular weight excluding hydrogens is 404 g/mol.